The molecule has 0 spiro atoms. The lowest BCUT2D eigenvalue weighted by Gasteiger charge is -2.07. The van der Waals surface area contributed by atoms with Crippen LogP contribution in [-0.4, -0.2) is 6.21 Å². The maximum Gasteiger partial charge on any atom is 0.227 e. The van der Waals surface area contributed by atoms with Crippen LogP contribution < -0.4 is 0 Å². The number of nitrogens with zero attached hydrogens (tertiary/aromatic N) is 1. The predicted octanol–water partition coefficient (Wildman–Crippen LogP) is 8.03. The number of hydrogen-bond acceptors (Lipinski definition) is 2. The second-order valence-corrected chi connectivity index (χ2v) is 7.25. The van der Waals surface area contributed by atoms with Crippen LogP contribution in [0.2, 0.25) is 0 Å². The van der Waals surface area contributed by atoms with E-state index in [-0.39, 0.29) is 0 Å². The van der Waals surface area contributed by atoms with Gasteiger partial charge in [-0.2, -0.15) is 0 Å². The molecule has 2 heteroatoms. The van der Waals surface area contributed by atoms with Crippen LogP contribution in [0.1, 0.15) is 5.56 Å². The Hall–Kier alpha value is -4.17. The molecule has 0 amide bonds. The van der Waals surface area contributed by atoms with E-state index in [2.05, 4.69) is 48.5 Å². The molecule has 5 aromatic rings. The van der Waals surface area contributed by atoms with Crippen molar-refractivity contribution in [3.8, 4) is 33.6 Å². The van der Waals surface area contributed by atoms with Gasteiger partial charge >= 0.3 is 0 Å². The van der Waals surface area contributed by atoms with E-state index in [9.17, 15) is 0 Å². The zero-order chi connectivity index (χ0) is 20.9. The van der Waals surface area contributed by atoms with Gasteiger partial charge in [-0.15, -0.1) is 0 Å². The Morgan fingerprint density at radius 3 is 1.48 bits per heavy atom. The van der Waals surface area contributed by atoms with Gasteiger partial charge in [-0.25, -0.2) is 4.99 Å². The maximum atomic E-state index is 6.46. The van der Waals surface area contributed by atoms with Gasteiger partial charge in [0, 0.05) is 17.3 Å². The molecule has 0 unspecified atom stereocenters. The number of furan rings is 1. The lowest BCUT2D eigenvalue weighted by atomic mass is 9.94. The van der Waals surface area contributed by atoms with E-state index < -0.39 is 0 Å². The fourth-order valence-corrected chi connectivity index (χ4v) is 3.73. The van der Waals surface area contributed by atoms with E-state index in [4.69, 9.17) is 9.41 Å². The molecule has 0 atom stereocenters. The van der Waals surface area contributed by atoms with Crippen molar-refractivity contribution in [2.75, 3.05) is 0 Å². The molecule has 0 aliphatic heterocycles. The van der Waals surface area contributed by atoms with Gasteiger partial charge in [-0.05, 0) is 16.7 Å². The van der Waals surface area contributed by atoms with Gasteiger partial charge < -0.3 is 4.42 Å². The molecule has 31 heavy (non-hydrogen) atoms. The lowest BCUT2D eigenvalue weighted by molar-refractivity contribution is 0.594. The van der Waals surface area contributed by atoms with E-state index in [1.165, 1.54) is 0 Å². The van der Waals surface area contributed by atoms with Crippen molar-refractivity contribution in [3.63, 3.8) is 0 Å². The van der Waals surface area contributed by atoms with Gasteiger partial charge in [0.1, 0.15) is 5.76 Å². The smallest absolute Gasteiger partial charge is 0.227 e. The van der Waals surface area contributed by atoms with E-state index in [1.807, 2.05) is 79.0 Å². The van der Waals surface area contributed by atoms with Crippen molar-refractivity contribution in [3.05, 3.63) is 127 Å². The molecule has 5 rings (SSSR count). The molecule has 0 aliphatic carbocycles. The molecule has 0 radical (unpaired) electrons. The molecular weight excluding hydrogens is 378 g/mol. The number of benzene rings is 4. The van der Waals surface area contributed by atoms with Crippen molar-refractivity contribution in [2.24, 2.45) is 4.99 Å². The third kappa shape index (κ3) is 3.96. The Morgan fingerprint density at radius 1 is 0.484 bits per heavy atom. The van der Waals surface area contributed by atoms with Gasteiger partial charge in [-0.3, -0.25) is 0 Å². The molecule has 0 fully saturated rings. The minimum absolute atomic E-state index is 0.604. The molecular formula is C29H21NO. The number of rotatable bonds is 5. The first-order valence-electron chi connectivity index (χ1n) is 10.3. The number of aliphatic imine (C=N–C) groups is 1. The lowest BCUT2D eigenvalue weighted by Crippen LogP contribution is -1.84. The van der Waals surface area contributed by atoms with Gasteiger partial charge in [0.15, 0.2) is 0 Å². The first-order chi connectivity index (χ1) is 15.4. The maximum absolute atomic E-state index is 6.46. The molecule has 0 saturated heterocycles. The van der Waals surface area contributed by atoms with Crippen molar-refractivity contribution >= 4 is 12.1 Å². The third-order valence-corrected chi connectivity index (χ3v) is 5.18. The highest BCUT2D eigenvalue weighted by Gasteiger charge is 2.23. The van der Waals surface area contributed by atoms with Gasteiger partial charge in [0.2, 0.25) is 5.88 Å². The highest BCUT2D eigenvalue weighted by Crippen LogP contribution is 2.48. The zero-order valence-electron chi connectivity index (χ0n) is 17.0. The summed E-state index contributed by atoms with van der Waals surface area (Å²) in [6.45, 7) is 0. The normalized spacial score (nSPS) is 11.1. The molecule has 0 aliphatic rings. The molecule has 1 heterocycles. The van der Waals surface area contributed by atoms with Crippen LogP contribution in [0.15, 0.2) is 131 Å². The standard InChI is InChI=1S/C29H21NO/c1-5-13-22(14-6-1)21-30-29-27(24-17-9-3-10-18-24)26(23-15-7-2-8-16-23)28(31-29)25-19-11-4-12-20-25/h1-21H. The average molecular weight is 399 g/mol. The summed E-state index contributed by atoms with van der Waals surface area (Å²) < 4.78 is 6.46. The molecule has 4 aromatic carbocycles. The molecule has 2 nitrogen and oxygen atoms in total. The SMILES string of the molecule is C(=Nc1oc(-c2ccccc2)c(-c2ccccc2)c1-c1ccccc1)c1ccccc1. The van der Waals surface area contributed by atoms with Crippen LogP contribution in [-0.2, 0) is 0 Å². The third-order valence-electron chi connectivity index (χ3n) is 5.18. The minimum Gasteiger partial charge on any atom is -0.437 e. The van der Waals surface area contributed by atoms with E-state index in [0.29, 0.717) is 5.88 Å². The zero-order valence-corrected chi connectivity index (χ0v) is 17.0. The van der Waals surface area contributed by atoms with Crippen molar-refractivity contribution in [2.45, 2.75) is 0 Å². The van der Waals surface area contributed by atoms with Crippen LogP contribution in [0.25, 0.3) is 33.6 Å². The van der Waals surface area contributed by atoms with Crippen molar-refractivity contribution < 1.29 is 4.42 Å². The second kappa shape index (κ2) is 8.68. The first kappa shape index (κ1) is 18.8. The number of hydrogen-bond donors (Lipinski definition) is 0. The molecule has 1 aromatic heterocycles. The molecule has 0 N–H and O–H groups in total. The summed E-state index contributed by atoms with van der Waals surface area (Å²) in [5.74, 6) is 1.43. The summed E-state index contributed by atoms with van der Waals surface area (Å²) in [6.07, 6.45) is 1.86. The minimum atomic E-state index is 0.604. The fourth-order valence-electron chi connectivity index (χ4n) is 3.73. The Labute approximate surface area is 182 Å². The van der Waals surface area contributed by atoms with Gasteiger partial charge in [0.05, 0.1) is 5.56 Å². The summed E-state index contributed by atoms with van der Waals surface area (Å²) in [5.41, 5.74) is 6.29. The van der Waals surface area contributed by atoms with E-state index >= 15 is 0 Å². The van der Waals surface area contributed by atoms with Crippen LogP contribution in [0.4, 0.5) is 5.88 Å². The summed E-state index contributed by atoms with van der Waals surface area (Å²) in [5, 5.41) is 0. The Balaban J connectivity index is 1.78. The average Bonchev–Trinajstić information content (AvgIpc) is 3.24. The largest absolute Gasteiger partial charge is 0.437 e. The second-order valence-electron chi connectivity index (χ2n) is 7.25. The van der Waals surface area contributed by atoms with E-state index in [1.54, 1.807) is 0 Å². The molecule has 148 valence electrons. The topological polar surface area (TPSA) is 25.5 Å². The van der Waals surface area contributed by atoms with Crippen molar-refractivity contribution in [1.82, 2.24) is 0 Å². The summed E-state index contributed by atoms with van der Waals surface area (Å²) in [4.78, 5) is 4.79. The van der Waals surface area contributed by atoms with Gasteiger partial charge in [-0.1, -0.05) is 121 Å². The Kier molecular flexibility index (Phi) is 5.27. The predicted molar refractivity (Wildman–Crippen MR) is 129 cm³/mol. The van der Waals surface area contributed by atoms with Crippen LogP contribution in [0.3, 0.4) is 0 Å². The fraction of sp³-hybridized carbons (Fsp3) is 0. The summed E-state index contributed by atoms with van der Waals surface area (Å²) in [6, 6.07) is 41.0. The van der Waals surface area contributed by atoms with Crippen LogP contribution >= 0.6 is 0 Å². The highest BCUT2D eigenvalue weighted by atomic mass is 16.4. The van der Waals surface area contributed by atoms with Crippen LogP contribution in [0, 0.1) is 0 Å². The van der Waals surface area contributed by atoms with E-state index in [0.717, 1.165) is 39.1 Å². The quantitative estimate of drug-likeness (QED) is 0.275. The van der Waals surface area contributed by atoms with Gasteiger partial charge in [0.25, 0.3) is 0 Å². The monoisotopic (exact) mass is 399 g/mol. The first-order valence-corrected chi connectivity index (χ1v) is 10.3. The molecule has 0 bridgehead atoms. The Bertz CT molecular complexity index is 1290. The highest BCUT2D eigenvalue weighted by molar-refractivity contribution is 5.98. The van der Waals surface area contributed by atoms with Crippen molar-refractivity contribution in [1.29, 1.82) is 0 Å². The summed E-state index contributed by atoms with van der Waals surface area (Å²) >= 11 is 0. The Morgan fingerprint density at radius 2 is 0.935 bits per heavy atom. The molecule has 0 saturated carbocycles. The summed E-state index contributed by atoms with van der Waals surface area (Å²) in [7, 11) is 0. The van der Waals surface area contributed by atoms with Crippen LogP contribution in [0.5, 0.6) is 0 Å².